The highest BCUT2D eigenvalue weighted by atomic mass is 14.9. The molecule has 0 bridgehead atoms. The van der Waals surface area contributed by atoms with E-state index in [1.165, 1.54) is 28.7 Å². The summed E-state index contributed by atoms with van der Waals surface area (Å²) in [5, 5.41) is 6.66. The van der Waals surface area contributed by atoms with Crippen LogP contribution in [0.25, 0.3) is 0 Å². The van der Waals surface area contributed by atoms with Gasteiger partial charge < -0.3 is 10.6 Å². The first-order chi connectivity index (χ1) is 8.15. The predicted molar refractivity (Wildman–Crippen MR) is 75.8 cm³/mol. The average Bonchev–Trinajstić information content (AvgIpc) is 2.26. The van der Waals surface area contributed by atoms with Gasteiger partial charge in [0, 0.05) is 0 Å². The van der Waals surface area contributed by atoms with E-state index < -0.39 is 0 Å². The van der Waals surface area contributed by atoms with Crippen molar-refractivity contribution in [1.29, 1.82) is 0 Å². The standard InChI is InChI=1S/C15H26N2/c1-12-10-13(2)15(14(3)11-12)6-9-17-8-5-7-16-4/h10-11,16-17H,5-9H2,1-4H3. The third-order valence-electron chi connectivity index (χ3n) is 3.17. The van der Waals surface area contributed by atoms with Gasteiger partial charge in [-0.25, -0.2) is 0 Å². The minimum Gasteiger partial charge on any atom is -0.320 e. The highest BCUT2D eigenvalue weighted by Gasteiger charge is 2.03. The van der Waals surface area contributed by atoms with Crippen LogP contribution in [0.15, 0.2) is 12.1 Å². The molecule has 0 aromatic heterocycles. The molecule has 0 fully saturated rings. The molecule has 17 heavy (non-hydrogen) atoms. The van der Waals surface area contributed by atoms with E-state index >= 15 is 0 Å². The van der Waals surface area contributed by atoms with Crippen molar-refractivity contribution in [2.45, 2.75) is 33.6 Å². The Hall–Kier alpha value is -0.860. The molecule has 0 unspecified atom stereocenters. The number of hydrogen-bond donors (Lipinski definition) is 2. The van der Waals surface area contributed by atoms with E-state index in [4.69, 9.17) is 0 Å². The summed E-state index contributed by atoms with van der Waals surface area (Å²) in [7, 11) is 2.00. The van der Waals surface area contributed by atoms with Gasteiger partial charge in [-0.05, 0) is 77.0 Å². The molecule has 1 rings (SSSR count). The number of hydrogen-bond acceptors (Lipinski definition) is 2. The summed E-state index contributed by atoms with van der Waals surface area (Å²) in [5.74, 6) is 0. The van der Waals surface area contributed by atoms with E-state index in [0.29, 0.717) is 0 Å². The smallest absolute Gasteiger partial charge is 0.000814 e. The second kappa shape index (κ2) is 7.46. The van der Waals surface area contributed by atoms with Gasteiger partial charge in [-0.2, -0.15) is 0 Å². The maximum atomic E-state index is 3.50. The normalized spacial score (nSPS) is 10.8. The lowest BCUT2D eigenvalue weighted by Crippen LogP contribution is -2.22. The van der Waals surface area contributed by atoms with Crippen LogP contribution in [0, 0.1) is 20.8 Å². The number of benzene rings is 1. The maximum absolute atomic E-state index is 3.50. The van der Waals surface area contributed by atoms with Gasteiger partial charge in [0.05, 0.1) is 0 Å². The van der Waals surface area contributed by atoms with Crippen molar-refractivity contribution in [1.82, 2.24) is 10.6 Å². The molecule has 2 heteroatoms. The molecule has 0 saturated heterocycles. The molecule has 0 spiro atoms. The van der Waals surface area contributed by atoms with Crippen LogP contribution < -0.4 is 10.6 Å². The molecule has 2 nitrogen and oxygen atoms in total. The molecule has 0 saturated carbocycles. The predicted octanol–water partition coefficient (Wildman–Crippen LogP) is 2.35. The van der Waals surface area contributed by atoms with Crippen molar-refractivity contribution in [3.8, 4) is 0 Å². The molecule has 2 N–H and O–H groups in total. The van der Waals surface area contributed by atoms with Crippen LogP contribution in [0.4, 0.5) is 0 Å². The monoisotopic (exact) mass is 234 g/mol. The van der Waals surface area contributed by atoms with Crippen molar-refractivity contribution in [2.24, 2.45) is 0 Å². The van der Waals surface area contributed by atoms with Crippen molar-refractivity contribution >= 4 is 0 Å². The third-order valence-corrected chi connectivity index (χ3v) is 3.17. The first-order valence-electron chi connectivity index (χ1n) is 6.57. The summed E-state index contributed by atoms with van der Waals surface area (Å²) >= 11 is 0. The summed E-state index contributed by atoms with van der Waals surface area (Å²) in [6, 6.07) is 4.56. The molecule has 1 aromatic rings. The zero-order valence-electron chi connectivity index (χ0n) is 11.7. The van der Waals surface area contributed by atoms with E-state index in [9.17, 15) is 0 Å². The van der Waals surface area contributed by atoms with E-state index in [2.05, 4.69) is 43.5 Å². The summed E-state index contributed by atoms with van der Waals surface area (Å²) in [4.78, 5) is 0. The minimum absolute atomic E-state index is 1.08. The van der Waals surface area contributed by atoms with Crippen LogP contribution in [0.3, 0.4) is 0 Å². The molecule has 0 atom stereocenters. The van der Waals surface area contributed by atoms with E-state index in [1.807, 2.05) is 7.05 Å². The Morgan fingerprint density at radius 3 is 2.18 bits per heavy atom. The topological polar surface area (TPSA) is 24.1 Å². The second-order valence-electron chi connectivity index (χ2n) is 4.83. The van der Waals surface area contributed by atoms with Crippen molar-refractivity contribution in [3.63, 3.8) is 0 Å². The van der Waals surface area contributed by atoms with Crippen molar-refractivity contribution in [3.05, 3.63) is 34.4 Å². The van der Waals surface area contributed by atoms with Gasteiger partial charge in [0.25, 0.3) is 0 Å². The lowest BCUT2D eigenvalue weighted by molar-refractivity contribution is 0.624. The molecule has 0 aliphatic rings. The number of aryl methyl sites for hydroxylation is 3. The largest absolute Gasteiger partial charge is 0.320 e. The van der Waals surface area contributed by atoms with E-state index in [-0.39, 0.29) is 0 Å². The number of rotatable bonds is 7. The van der Waals surface area contributed by atoms with Gasteiger partial charge in [0.2, 0.25) is 0 Å². The fraction of sp³-hybridized carbons (Fsp3) is 0.600. The van der Waals surface area contributed by atoms with Crippen LogP contribution >= 0.6 is 0 Å². The first kappa shape index (κ1) is 14.2. The summed E-state index contributed by atoms with van der Waals surface area (Å²) in [6.07, 6.45) is 2.33. The zero-order valence-corrected chi connectivity index (χ0v) is 11.7. The minimum atomic E-state index is 1.08. The molecule has 0 heterocycles. The van der Waals surface area contributed by atoms with Crippen LogP contribution in [-0.4, -0.2) is 26.7 Å². The van der Waals surface area contributed by atoms with Crippen LogP contribution in [0.2, 0.25) is 0 Å². The van der Waals surface area contributed by atoms with Crippen LogP contribution in [0.1, 0.15) is 28.7 Å². The van der Waals surface area contributed by atoms with Gasteiger partial charge in [0.1, 0.15) is 0 Å². The second-order valence-corrected chi connectivity index (χ2v) is 4.83. The highest BCUT2D eigenvalue weighted by Crippen LogP contribution is 2.16. The molecule has 1 aromatic carbocycles. The van der Waals surface area contributed by atoms with Gasteiger partial charge in [-0.3, -0.25) is 0 Å². The molecule has 0 aliphatic heterocycles. The summed E-state index contributed by atoms with van der Waals surface area (Å²) < 4.78 is 0. The van der Waals surface area contributed by atoms with Crippen LogP contribution in [0.5, 0.6) is 0 Å². The molecule has 0 aliphatic carbocycles. The summed E-state index contributed by atoms with van der Waals surface area (Å²) in [5.41, 5.74) is 5.74. The Balaban J connectivity index is 2.36. The lowest BCUT2D eigenvalue weighted by Gasteiger charge is -2.12. The van der Waals surface area contributed by atoms with Gasteiger partial charge in [0.15, 0.2) is 0 Å². The van der Waals surface area contributed by atoms with Crippen molar-refractivity contribution < 1.29 is 0 Å². The third kappa shape index (κ3) is 4.88. The fourth-order valence-electron chi connectivity index (χ4n) is 2.33. The van der Waals surface area contributed by atoms with E-state index in [1.54, 1.807) is 0 Å². The summed E-state index contributed by atoms with van der Waals surface area (Å²) in [6.45, 7) is 9.88. The lowest BCUT2D eigenvalue weighted by atomic mass is 9.97. The van der Waals surface area contributed by atoms with Gasteiger partial charge in [-0.1, -0.05) is 17.7 Å². The fourth-order valence-corrected chi connectivity index (χ4v) is 2.33. The van der Waals surface area contributed by atoms with Gasteiger partial charge in [-0.15, -0.1) is 0 Å². The Kier molecular flexibility index (Phi) is 6.23. The Morgan fingerprint density at radius 2 is 1.59 bits per heavy atom. The maximum Gasteiger partial charge on any atom is -0.000814 e. The molecular weight excluding hydrogens is 208 g/mol. The van der Waals surface area contributed by atoms with Gasteiger partial charge >= 0.3 is 0 Å². The molecular formula is C15H26N2. The molecule has 96 valence electrons. The highest BCUT2D eigenvalue weighted by molar-refractivity contribution is 5.37. The molecule has 0 amide bonds. The first-order valence-corrected chi connectivity index (χ1v) is 6.57. The SMILES string of the molecule is CNCCCNCCc1c(C)cc(C)cc1C. The van der Waals surface area contributed by atoms with Crippen LogP contribution in [-0.2, 0) is 6.42 Å². The Labute approximate surface area is 106 Å². The zero-order chi connectivity index (χ0) is 12.7. The average molecular weight is 234 g/mol. The number of nitrogens with one attached hydrogen (secondary N) is 2. The Bertz CT molecular complexity index is 322. The van der Waals surface area contributed by atoms with Crippen molar-refractivity contribution in [2.75, 3.05) is 26.7 Å². The quantitative estimate of drug-likeness (QED) is 0.708. The Morgan fingerprint density at radius 1 is 0.941 bits per heavy atom. The van der Waals surface area contributed by atoms with E-state index in [0.717, 1.165) is 26.1 Å². The molecule has 0 radical (unpaired) electrons.